The van der Waals surface area contributed by atoms with Gasteiger partial charge in [-0.2, -0.15) is 0 Å². The third kappa shape index (κ3) is 5.45. The van der Waals surface area contributed by atoms with Crippen LogP contribution in [0.2, 0.25) is 0 Å². The lowest BCUT2D eigenvalue weighted by Gasteiger charge is -2.19. The summed E-state index contributed by atoms with van der Waals surface area (Å²) in [6, 6.07) is 8.53. The molecule has 1 heterocycles. The van der Waals surface area contributed by atoms with Crippen LogP contribution in [-0.2, 0) is 16.8 Å². The Balaban J connectivity index is 2.29. The van der Waals surface area contributed by atoms with Gasteiger partial charge in [-0.1, -0.05) is 62.9 Å². The molecule has 27 heavy (non-hydrogen) atoms. The average molecular weight is 387 g/mol. The first-order valence-electron chi connectivity index (χ1n) is 9.25. The molecule has 1 atom stereocenters. The van der Waals surface area contributed by atoms with Crippen LogP contribution in [-0.4, -0.2) is 32.0 Å². The van der Waals surface area contributed by atoms with Gasteiger partial charge >= 0.3 is 0 Å². The molecule has 0 spiro atoms. The maximum absolute atomic E-state index is 12.2. The van der Waals surface area contributed by atoms with E-state index < -0.39 is 0 Å². The Morgan fingerprint density at radius 2 is 1.85 bits per heavy atom. The molecule has 5 nitrogen and oxygen atoms in total. The van der Waals surface area contributed by atoms with Gasteiger partial charge in [-0.05, 0) is 31.7 Å². The number of nitrogens with one attached hydrogen (secondary N) is 1. The Labute approximate surface area is 166 Å². The summed E-state index contributed by atoms with van der Waals surface area (Å²) in [6.07, 6.45) is 1.82. The molecule has 0 radical (unpaired) electrons. The molecule has 0 saturated carbocycles. The maximum Gasteiger partial charge on any atom is 0.233 e. The van der Waals surface area contributed by atoms with Crippen molar-refractivity contribution in [2.75, 3.05) is 0 Å². The van der Waals surface area contributed by atoms with Gasteiger partial charge in [0.1, 0.15) is 0 Å². The Kier molecular flexibility index (Phi) is 6.87. The molecule has 2 rings (SSSR count). The standard InChI is InChI=1S/C21H30N4OS/c1-8-13-25-18(16-9-11-17(12-10-16)21(5,6)7)23-24-20(25)27-15(4)19(26)22-14(2)3/h8-12,14-15H,1,13H2,2-7H3,(H,22,26). The minimum Gasteiger partial charge on any atom is -0.353 e. The van der Waals surface area contributed by atoms with Crippen LogP contribution in [0.4, 0.5) is 0 Å². The van der Waals surface area contributed by atoms with Gasteiger partial charge in [-0.25, -0.2) is 0 Å². The molecule has 0 bridgehead atoms. The van der Waals surface area contributed by atoms with Crippen LogP contribution in [0.5, 0.6) is 0 Å². The first-order valence-corrected chi connectivity index (χ1v) is 10.1. The van der Waals surface area contributed by atoms with Crippen LogP contribution in [0, 0.1) is 0 Å². The summed E-state index contributed by atoms with van der Waals surface area (Å²) < 4.78 is 2.00. The summed E-state index contributed by atoms with van der Waals surface area (Å²) in [7, 11) is 0. The third-order valence-electron chi connectivity index (χ3n) is 4.12. The van der Waals surface area contributed by atoms with E-state index in [1.807, 2.05) is 31.4 Å². The zero-order chi connectivity index (χ0) is 20.2. The summed E-state index contributed by atoms with van der Waals surface area (Å²) in [5, 5.41) is 12.1. The van der Waals surface area contributed by atoms with Gasteiger partial charge in [0, 0.05) is 18.2 Å². The number of nitrogens with zero attached hydrogens (tertiary/aromatic N) is 3. The number of carbonyl (C=O) groups excluding carboxylic acids is 1. The molecule has 146 valence electrons. The van der Waals surface area contributed by atoms with Gasteiger partial charge in [-0.3, -0.25) is 9.36 Å². The third-order valence-corrected chi connectivity index (χ3v) is 5.20. The summed E-state index contributed by atoms with van der Waals surface area (Å²) in [6.45, 7) is 16.8. The predicted octanol–water partition coefficient (Wildman–Crippen LogP) is 4.43. The van der Waals surface area contributed by atoms with Gasteiger partial charge in [-0.15, -0.1) is 16.8 Å². The van der Waals surface area contributed by atoms with E-state index in [0.29, 0.717) is 6.54 Å². The van der Waals surface area contributed by atoms with E-state index >= 15 is 0 Å². The van der Waals surface area contributed by atoms with Crippen LogP contribution >= 0.6 is 11.8 Å². The zero-order valence-corrected chi connectivity index (χ0v) is 17.9. The maximum atomic E-state index is 12.2. The highest BCUT2D eigenvalue weighted by Crippen LogP contribution is 2.29. The lowest BCUT2D eigenvalue weighted by molar-refractivity contribution is -0.120. The SMILES string of the molecule is C=CCn1c(SC(C)C(=O)NC(C)C)nnc1-c1ccc(C(C)(C)C)cc1. The first-order chi connectivity index (χ1) is 12.6. The normalized spacial score (nSPS) is 12.9. The molecule has 6 heteroatoms. The van der Waals surface area contributed by atoms with E-state index in [-0.39, 0.29) is 22.6 Å². The fourth-order valence-electron chi connectivity index (χ4n) is 2.62. The molecule has 0 aliphatic carbocycles. The molecule has 1 aromatic heterocycles. The Bertz CT molecular complexity index is 788. The van der Waals surface area contributed by atoms with Crippen molar-refractivity contribution in [3.05, 3.63) is 42.5 Å². The van der Waals surface area contributed by atoms with Gasteiger partial charge in [0.15, 0.2) is 11.0 Å². The molecule has 1 amide bonds. The van der Waals surface area contributed by atoms with Gasteiger partial charge in [0.25, 0.3) is 0 Å². The fourth-order valence-corrected chi connectivity index (χ4v) is 3.48. The number of aromatic nitrogens is 3. The van der Waals surface area contributed by atoms with Crippen LogP contribution < -0.4 is 5.32 Å². The van der Waals surface area contributed by atoms with E-state index in [1.165, 1.54) is 17.3 Å². The van der Waals surface area contributed by atoms with Crippen LogP contribution in [0.15, 0.2) is 42.1 Å². The minimum absolute atomic E-state index is 0.000710. The lowest BCUT2D eigenvalue weighted by atomic mass is 9.87. The second-order valence-corrected chi connectivity index (χ2v) is 9.26. The number of rotatable bonds is 7. The van der Waals surface area contributed by atoms with E-state index in [9.17, 15) is 4.79 Å². The van der Waals surface area contributed by atoms with Gasteiger partial charge < -0.3 is 5.32 Å². The molecule has 1 unspecified atom stereocenters. The second kappa shape index (κ2) is 8.74. The Morgan fingerprint density at radius 3 is 2.37 bits per heavy atom. The highest BCUT2D eigenvalue weighted by Gasteiger charge is 2.21. The van der Waals surface area contributed by atoms with Crippen molar-refractivity contribution in [2.24, 2.45) is 0 Å². The number of carbonyl (C=O) groups is 1. The summed E-state index contributed by atoms with van der Waals surface area (Å²) in [4.78, 5) is 12.2. The molecule has 0 aliphatic heterocycles. The van der Waals surface area contributed by atoms with Gasteiger partial charge in [0.05, 0.1) is 5.25 Å². The lowest BCUT2D eigenvalue weighted by Crippen LogP contribution is -2.36. The van der Waals surface area contributed by atoms with Crippen LogP contribution in [0.1, 0.15) is 47.1 Å². The Hall–Kier alpha value is -2.08. The van der Waals surface area contributed by atoms with Crippen molar-refractivity contribution in [2.45, 2.75) is 70.0 Å². The van der Waals surface area contributed by atoms with E-state index in [2.05, 4.69) is 67.1 Å². The van der Waals surface area contributed by atoms with Crippen molar-refractivity contribution in [1.82, 2.24) is 20.1 Å². The first kappa shape index (κ1) is 21.2. The highest BCUT2D eigenvalue weighted by molar-refractivity contribution is 8.00. The molecular formula is C21H30N4OS. The molecule has 1 N–H and O–H groups in total. The topological polar surface area (TPSA) is 59.8 Å². The second-order valence-electron chi connectivity index (χ2n) is 7.96. The highest BCUT2D eigenvalue weighted by atomic mass is 32.2. The quantitative estimate of drug-likeness (QED) is 0.565. The number of amides is 1. The number of allylic oxidation sites excluding steroid dienone is 1. The Morgan fingerprint density at radius 1 is 1.22 bits per heavy atom. The average Bonchev–Trinajstić information content (AvgIpc) is 2.96. The predicted molar refractivity (Wildman–Crippen MR) is 113 cm³/mol. The van der Waals surface area contributed by atoms with Crippen molar-refractivity contribution in [1.29, 1.82) is 0 Å². The molecule has 1 aromatic carbocycles. The number of hydrogen-bond donors (Lipinski definition) is 1. The summed E-state index contributed by atoms with van der Waals surface area (Å²) in [5.74, 6) is 0.786. The van der Waals surface area contributed by atoms with E-state index in [0.717, 1.165) is 16.5 Å². The fraction of sp³-hybridized carbons (Fsp3) is 0.476. The van der Waals surface area contributed by atoms with Crippen LogP contribution in [0.3, 0.4) is 0 Å². The molecule has 2 aromatic rings. The van der Waals surface area contributed by atoms with Crippen molar-refractivity contribution in [3.63, 3.8) is 0 Å². The minimum atomic E-state index is -0.253. The molecule has 0 saturated heterocycles. The number of hydrogen-bond acceptors (Lipinski definition) is 4. The molecule has 0 aliphatic rings. The van der Waals surface area contributed by atoms with Crippen molar-refractivity contribution < 1.29 is 4.79 Å². The van der Waals surface area contributed by atoms with Gasteiger partial charge in [0.2, 0.25) is 5.91 Å². The van der Waals surface area contributed by atoms with Crippen LogP contribution in [0.25, 0.3) is 11.4 Å². The zero-order valence-electron chi connectivity index (χ0n) is 17.1. The monoisotopic (exact) mass is 386 g/mol. The van der Waals surface area contributed by atoms with E-state index in [4.69, 9.17) is 0 Å². The molecular weight excluding hydrogens is 356 g/mol. The summed E-state index contributed by atoms with van der Waals surface area (Å²) >= 11 is 1.41. The largest absolute Gasteiger partial charge is 0.353 e. The molecule has 0 fully saturated rings. The smallest absolute Gasteiger partial charge is 0.233 e. The van der Waals surface area contributed by atoms with Crippen molar-refractivity contribution >= 4 is 17.7 Å². The van der Waals surface area contributed by atoms with E-state index in [1.54, 1.807) is 0 Å². The number of benzene rings is 1. The summed E-state index contributed by atoms with van der Waals surface area (Å²) in [5.41, 5.74) is 2.38. The number of thioether (sulfide) groups is 1. The van der Waals surface area contributed by atoms with Crippen molar-refractivity contribution in [3.8, 4) is 11.4 Å².